The van der Waals surface area contributed by atoms with Crippen molar-refractivity contribution in [3.8, 4) is 0 Å². The van der Waals surface area contributed by atoms with E-state index in [9.17, 15) is 0 Å². The van der Waals surface area contributed by atoms with Crippen LogP contribution in [0.3, 0.4) is 0 Å². The fraction of sp³-hybridized carbons (Fsp3) is 0. The molecule has 2 N–H and O–H groups in total. The first-order chi connectivity index (χ1) is 5.27. The summed E-state index contributed by atoms with van der Waals surface area (Å²) in [4.78, 5) is 7.88. The smallest absolute Gasteiger partial charge is 0.240 e. The summed E-state index contributed by atoms with van der Waals surface area (Å²) in [5, 5.41) is 3.89. The van der Waals surface area contributed by atoms with Crippen LogP contribution >= 0.6 is 15.9 Å². The molecular formula is C5H4BrN5. The highest BCUT2D eigenvalue weighted by Crippen LogP contribution is 2.08. The van der Waals surface area contributed by atoms with Crippen LogP contribution in [0.5, 0.6) is 0 Å². The summed E-state index contributed by atoms with van der Waals surface area (Å²) in [5.41, 5.74) is 6.05. The number of rotatable bonds is 0. The number of hydrogen-bond acceptors (Lipinski definition) is 4. The van der Waals surface area contributed by atoms with Gasteiger partial charge in [0.1, 0.15) is 0 Å². The molecule has 2 aromatic rings. The summed E-state index contributed by atoms with van der Waals surface area (Å²) in [7, 11) is 0. The van der Waals surface area contributed by atoms with Crippen molar-refractivity contribution in [2.75, 3.05) is 5.73 Å². The van der Waals surface area contributed by atoms with E-state index >= 15 is 0 Å². The molecule has 0 aliphatic rings. The van der Waals surface area contributed by atoms with E-state index in [-0.39, 0.29) is 5.95 Å². The normalized spacial score (nSPS) is 10.6. The Morgan fingerprint density at radius 1 is 1.55 bits per heavy atom. The van der Waals surface area contributed by atoms with Crippen molar-refractivity contribution in [1.82, 2.24) is 19.6 Å². The summed E-state index contributed by atoms with van der Waals surface area (Å²) in [6.45, 7) is 0. The van der Waals surface area contributed by atoms with Gasteiger partial charge in [0, 0.05) is 12.3 Å². The third kappa shape index (κ3) is 0.949. The van der Waals surface area contributed by atoms with Crippen LogP contribution in [-0.2, 0) is 0 Å². The topological polar surface area (TPSA) is 69.1 Å². The molecule has 2 aromatic heterocycles. The maximum Gasteiger partial charge on any atom is 0.240 e. The van der Waals surface area contributed by atoms with Crippen molar-refractivity contribution in [3.05, 3.63) is 17.0 Å². The highest BCUT2D eigenvalue weighted by Gasteiger charge is 2.01. The lowest BCUT2D eigenvalue weighted by Gasteiger charge is -1.90. The number of anilines is 1. The van der Waals surface area contributed by atoms with E-state index in [0.717, 1.165) is 0 Å². The third-order valence-electron chi connectivity index (χ3n) is 1.23. The minimum Gasteiger partial charge on any atom is -0.366 e. The molecule has 0 amide bonds. The Labute approximate surface area is 70.4 Å². The molecule has 0 bridgehead atoms. The average molecular weight is 214 g/mol. The molecule has 6 heteroatoms. The van der Waals surface area contributed by atoms with Gasteiger partial charge in [-0.2, -0.15) is 9.50 Å². The van der Waals surface area contributed by atoms with E-state index in [4.69, 9.17) is 5.73 Å². The van der Waals surface area contributed by atoms with E-state index in [1.807, 2.05) is 0 Å². The van der Waals surface area contributed by atoms with Crippen LogP contribution in [0.15, 0.2) is 17.0 Å². The second-order valence-corrected chi connectivity index (χ2v) is 2.66. The Balaban J connectivity index is 2.90. The van der Waals surface area contributed by atoms with Crippen LogP contribution in [0.1, 0.15) is 0 Å². The van der Waals surface area contributed by atoms with Gasteiger partial charge in [0.25, 0.3) is 0 Å². The molecule has 0 saturated heterocycles. The molecule has 0 radical (unpaired) electrons. The molecule has 0 aliphatic carbocycles. The van der Waals surface area contributed by atoms with E-state index < -0.39 is 0 Å². The lowest BCUT2D eigenvalue weighted by atomic mass is 10.6. The highest BCUT2D eigenvalue weighted by molar-refractivity contribution is 9.10. The first-order valence-corrected chi connectivity index (χ1v) is 3.69. The number of nitrogen functional groups attached to an aromatic ring is 1. The second kappa shape index (κ2) is 2.16. The molecule has 0 saturated carbocycles. The Bertz CT molecular complexity index is 395. The molecule has 2 heterocycles. The number of nitrogens with zero attached hydrogens (tertiary/aromatic N) is 4. The van der Waals surface area contributed by atoms with Crippen molar-refractivity contribution in [2.24, 2.45) is 0 Å². The predicted molar refractivity (Wildman–Crippen MR) is 42.9 cm³/mol. The largest absolute Gasteiger partial charge is 0.366 e. The van der Waals surface area contributed by atoms with E-state index in [2.05, 4.69) is 31.0 Å². The molecule has 0 aliphatic heterocycles. The van der Waals surface area contributed by atoms with Gasteiger partial charge in [0.2, 0.25) is 5.95 Å². The van der Waals surface area contributed by atoms with E-state index in [1.54, 1.807) is 12.3 Å². The standard InChI is InChI=1S/C5H4BrN5/c6-4-8-2-1-3-9-5(7)10-11(3)4/h1-2H,(H2,7,10). The summed E-state index contributed by atoms with van der Waals surface area (Å²) in [6, 6.07) is 1.73. The summed E-state index contributed by atoms with van der Waals surface area (Å²) >= 11 is 3.20. The van der Waals surface area contributed by atoms with E-state index in [0.29, 0.717) is 10.4 Å². The number of nitrogens with two attached hydrogens (primary N) is 1. The Morgan fingerprint density at radius 3 is 3.09 bits per heavy atom. The van der Waals surface area contributed by atoms with Crippen LogP contribution in [0.25, 0.3) is 5.65 Å². The molecule has 2 rings (SSSR count). The lowest BCUT2D eigenvalue weighted by molar-refractivity contribution is 0.892. The minimum atomic E-state index is 0.249. The van der Waals surface area contributed by atoms with Gasteiger partial charge in [-0.1, -0.05) is 0 Å². The van der Waals surface area contributed by atoms with Crippen LogP contribution < -0.4 is 5.73 Å². The highest BCUT2D eigenvalue weighted by atomic mass is 79.9. The molecule has 11 heavy (non-hydrogen) atoms. The fourth-order valence-corrected chi connectivity index (χ4v) is 1.18. The van der Waals surface area contributed by atoms with Gasteiger partial charge in [-0.3, -0.25) is 0 Å². The minimum absolute atomic E-state index is 0.249. The molecule has 0 atom stereocenters. The van der Waals surface area contributed by atoms with Crippen molar-refractivity contribution in [3.63, 3.8) is 0 Å². The fourth-order valence-electron chi connectivity index (χ4n) is 0.805. The maximum absolute atomic E-state index is 5.37. The molecule has 0 aromatic carbocycles. The average Bonchev–Trinajstić information content (AvgIpc) is 2.31. The van der Waals surface area contributed by atoms with Gasteiger partial charge in [-0.05, 0) is 15.9 Å². The summed E-state index contributed by atoms with van der Waals surface area (Å²) in [5.74, 6) is 0.249. The quantitative estimate of drug-likeness (QED) is 0.647. The van der Waals surface area contributed by atoms with Crippen LogP contribution in [-0.4, -0.2) is 19.6 Å². The molecule has 56 valence electrons. The number of hydrogen-bond donors (Lipinski definition) is 1. The van der Waals surface area contributed by atoms with Crippen molar-refractivity contribution in [2.45, 2.75) is 0 Å². The third-order valence-corrected chi connectivity index (χ3v) is 1.77. The molecule has 0 spiro atoms. The van der Waals surface area contributed by atoms with Gasteiger partial charge in [0.05, 0.1) is 0 Å². The zero-order valence-electron chi connectivity index (χ0n) is 5.40. The van der Waals surface area contributed by atoms with Crippen LogP contribution in [0.2, 0.25) is 0 Å². The first kappa shape index (κ1) is 6.53. The number of fused-ring (bicyclic) bond motifs is 1. The van der Waals surface area contributed by atoms with Crippen LogP contribution in [0.4, 0.5) is 5.95 Å². The first-order valence-electron chi connectivity index (χ1n) is 2.90. The summed E-state index contributed by atoms with van der Waals surface area (Å²) in [6.07, 6.45) is 1.63. The predicted octanol–water partition coefficient (Wildman–Crippen LogP) is 0.469. The summed E-state index contributed by atoms with van der Waals surface area (Å²) < 4.78 is 2.12. The second-order valence-electron chi connectivity index (χ2n) is 1.95. The molecule has 5 nitrogen and oxygen atoms in total. The van der Waals surface area contributed by atoms with Gasteiger partial charge < -0.3 is 5.73 Å². The van der Waals surface area contributed by atoms with Gasteiger partial charge in [0.15, 0.2) is 10.4 Å². The molecule has 0 unspecified atom stereocenters. The monoisotopic (exact) mass is 213 g/mol. The Hall–Kier alpha value is -1.17. The van der Waals surface area contributed by atoms with Crippen molar-refractivity contribution < 1.29 is 0 Å². The number of aromatic nitrogens is 4. The van der Waals surface area contributed by atoms with Crippen molar-refractivity contribution >= 4 is 27.5 Å². The Morgan fingerprint density at radius 2 is 2.36 bits per heavy atom. The maximum atomic E-state index is 5.37. The van der Waals surface area contributed by atoms with Gasteiger partial charge in [-0.15, -0.1) is 5.10 Å². The number of halogens is 1. The Kier molecular flexibility index (Phi) is 1.28. The SMILES string of the molecule is Nc1nc2ccnc(Br)n2n1. The zero-order chi connectivity index (χ0) is 7.84. The van der Waals surface area contributed by atoms with E-state index in [1.165, 1.54) is 4.52 Å². The molecule has 0 fully saturated rings. The lowest BCUT2D eigenvalue weighted by Crippen LogP contribution is -1.92. The zero-order valence-corrected chi connectivity index (χ0v) is 6.98. The van der Waals surface area contributed by atoms with Gasteiger partial charge in [-0.25, -0.2) is 4.98 Å². The van der Waals surface area contributed by atoms with Crippen LogP contribution in [0, 0.1) is 0 Å². The van der Waals surface area contributed by atoms with Gasteiger partial charge >= 0.3 is 0 Å². The van der Waals surface area contributed by atoms with Crippen molar-refractivity contribution in [1.29, 1.82) is 0 Å². The molecular weight excluding hydrogens is 210 g/mol.